The number of hydrogen-bond donors (Lipinski definition) is 0. The Morgan fingerprint density at radius 1 is 0.359 bits per heavy atom. The van der Waals surface area contributed by atoms with Crippen molar-refractivity contribution in [3.8, 4) is 61.5 Å². The highest BCUT2D eigenvalue weighted by molar-refractivity contribution is 6.23. The van der Waals surface area contributed by atoms with E-state index in [2.05, 4.69) is 225 Å². The number of nitrogens with zero attached hydrogens (tertiary/aromatic N) is 3. The second-order valence-electron chi connectivity index (χ2n) is 17.8. The summed E-state index contributed by atoms with van der Waals surface area (Å²) in [5, 5.41) is 7.21. The maximum absolute atomic E-state index is 5.32. The van der Waals surface area contributed by atoms with Gasteiger partial charge < -0.3 is 4.57 Å². The SMILES string of the molecule is CC1(C)c2cc(-c3cccc(-c4ccc(-c5ccc6c7ccccc7n(-c7ccccc7)c6c5)cc4)c3)ccc2-c2ccc(-c3cnc4c5ccccc5c5ccccc5c4n3)cc21. The van der Waals surface area contributed by atoms with Gasteiger partial charge >= 0.3 is 0 Å². The van der Waals surface area contributed by atoms with Crippen molar-refractivity contribution in [3.63, 3.8) is 0 Å². The molecule has 0 aliphatic heterocycles. The fourth-order valence-electron chi connectivity index (χ4n) is 10.6. The third-order valence-corrected chi connectivity index (χ3v) is 13.8. The lowest BCUT2D eigenvalue weighted by Gasteiger charge is -2.22. The van der Waals surface area contributed by atoms with Gasteiger partial charge in [-0.3, -0.25) is 4.98 Å². The van der Waals surface area contributed by atoms with Crippen LogP contribution in [0.5, 0.6) is 0 Å². The Kier molecular flexibility index (Phi) is 7.95. The Bertz CT molecular complexity index is 3820. The van der Waals surface area contributed by atoms with Crippen molar-refractivity contribution in [1.82, 2.24) is 14.5 Å². The van der Waals surface area contributed by atoms with Crippen LogP contribution in [0.1, 0.15) is 25.0 Å². The molecule has 0 amide bonds. The molecule has 13 rings (SSSR count). The molecule has 0 saturated heterocycles. The van der Waals surface area contributed by atoms with Gasteiger partial charge in [-0.25, -0.2) is 4.98 Å². The molecular formula is C61H41N3. The quantitative estimate of drug-likeness (QED) is 0.162. The zero-order chi connectivity index (χ0) is 42.5. The lowest BCUT2D eigenvalue weighted by molar-refractivity contribution is 0.661. The minimum absolute atomic E-state index is 0.199. The van der Waals surface area contributed by atoms with E-state index >= 15 is 0 Å². The maximum atomic E-state index is 5.32. The molecule has 0 saturated carbocycles. The average molecular weight is 816 g/mol. The Hall–Kier alpha value is -8.14. The Labute approximate surface area is 371 Å². The predicted octanol–water partition coefficient (Wildman–Crippen LogP) is 16.0. The zero-order valence-corrected chi connectivity index (χ0v) is 35.5. The minimum atomic E-state index is -0.199. The van der Waals surface area contributed by atoms with Gasteiger partial charge in [0, 0.05) is 38.2 Å². The van der Waals surface area contributed by atoms with E-state index in [9.17, 15) is 0 Å². The Morgan fingerprint density at radius 3 is 1.56 bits per heavy atom. The molecule has 0 radical (unpaired) electrons. The van der Waals surface area contributed by atoms with Gasteiger partial charge in [-0.15, -0.1) is 0 Å². The van der Waals surface area contributed by atoms with Crippen LogP contribution >= 0.6 is 0 Å². The van der Waals surface area contributed by atoms with Crippen LogP contribution in [0.15, 0.2) is 212 Å². The summed E-state index contributed by atoms with van der Waals surface area (Å²) in [6.45, 7) is 4.71. The summed E-state index contributed by atoms with van der Waals surface area (Å²) in [5.41, 5.74) is 19.7. The molecule has 1 aliphatic carbocycles. The summed E-state index contributed by atoms with van der Waals surface area (Å²) in [6.07, 6.45) is 1.95. The summed E-state index contributed by atoms with van der Waals surface area (Å²) < 4.78 is 2.38. The molecule has 0 N–H and O–H groups in total. The third-order valence-electron chi connectivity index (χ3n) is 13.8. The Morgan fingerprint density at radius 2 is 0.859 bits per heavy atom. The second kappa shape index (κ2) is 13.9. The van der Waals surface area contributed by atoms with E-state index in [0.717, 1.165) is 33.1 Å². The molecule has 1 aliphatic rings. The van der Waals surface area contributed by atoms with Crippen molar-refractivity contribution in [3.05, 3.63) is 224 Å². The fraction of sp³-hybridized carbons (Fsp3) is 0.0492. The van der Waals surface area contributed by atoms with Crippen LogP contribution in [0.25, 0.3) is 116 Å². The molecule has 3 nitrogen and oxygen atoms in total. The molecular weight excluding hydrogens is 775 g/mol. The van der Waals surface area contributed by atoms with Crippen LogP contribution in [0, 0.1) is 0 Å². The topological polar surface area (TPSA) is 30.7 Å². The van der Waals surface area contributed by atoms with Crippen LogP contribution in [0.2, 0.25) is 0 Å². The van der Waals surface area contributed by atoms with Gasteiger partial charge in [0.15, 0.2) is 0 Å². The smallest absolute Gasteiger partial charge is 0.0979 e. The van der Waals surface area contributed by atoms with E-state index in [4.69, 9.17) is 9.97 Å². The number of fused-ring (bicyclic) bond motifs is 12. The predicted molar refractivity (Wildman–Crippen MR) is 268 cm³/mol. The van der Waals surface area contributed by atoms with Crippen molar-refractivity contribution in [2.45, 2.75) is 19.3 Å². The van der Waals surface area contributed by atoms with Crippen molar-refractivity contribution in [2.24, 2.45) is 0 Å². The standard InChI is InChI=1S/C61H41N3/c1-61(2)54-34-42(27-30-48(54)49-31-29-44(35-55(49)61)56-37-62-59-52-20-8-6-17-46(52)47-18-7-9-21-53(47)60(59)63-56)41-14-12-13-40(33-41)38-23-25-39(26-24-38)43-28-32-51-50-19-10-11-22-57(50)64(58(51)36-43)45-15-4-3-5-16-45/h3-37H,1-2H3. The van der Waals surface area contributed by atoms with Crippen LogP contribution in [0.4, 0.5) is 0 Å². The van der Waals surface area contributed by atoms with E-state index in [1.165, 1.54) is 93.9 Å². The lowest BCUT2D eigenvalue weighted by Crippen LogP contribution is -2.15. The van der Waals surface area contributed by atoms with Crippen molar-refractivity contribution >= 4 is 54.4 Å². The first kappa shape index (κ1) is 36.5. The largest absolute Gasteiger partial charge is 0.309 e. The summed E-state index contributed by atoms with van der Waals surface area (Å²) in [4.78, 5) is 10.4. The van der Waals surface area contributed by atoms with Gasteiger partial charge in [0.05, 0.1) is 34.0 Å². The summed E-state index contributed by atoms with van der Waals surface area (Å²) in [5.74, 6) is 0. The fourth-order valence-corrected chi connectivity index (χ4v) is 10.6. The van der Waals surface area contributed by atoms with Gasteiger partial charge in [0.2, 0.25) is 0 Å². The van der Waals surface area contributed by atoms with E-state index in [-0.39, 0.29) is 5.41 Å². The van der Waals surface area contributed by atoms with Gasteiger partial charge in [-0.1, -0.05) is 178 Å². The molecule has 0 bridgehead atoms. The van der Waals surface area contributed by atoms with Gasteiger partial charge in [-0.05, 0) is 109 Å². The van der Waals surface area contributed by atoms with Gasteiger partial charge in [0.1, 0.15) is 0 Å². The van der Waals surface area contributed by atoms with Crippen molar-refractivity contribution in [2.75, 3.05) is 0 Å². The number of para-hydroxylation sites is 2. The van der Waals surface area contributed by atoms with Crippen LogP contribution in [-0.4, -0.2) is 14.5 Å². The number of benzene rings is 10. The molecule has 0 spiro atoms. The highest BCUT2D eigenvalue weighted by Gasteiger charge is 2.36. The second-order valence-corrected chi connectivity index (χ2v) is 17.8. The number of aromatic nitrogens is 3. The van der Waals surface area contributed by atoms with E-state index < -0.39 is 0 Å². The molecule has 3 heteroatoms. The Balaban J connectivity index is 0.813. The van der Waals surface area contributed by atoms with E-state index in [1.54, 1.807) is 0 Å². The number of rotatable bonds is 5. The highest BCUT2D eigenvalue weighted by atomic mass is 15.0. The van der Waals surface area contributed by atoms with Crippen LogP contribution in [0.3, 0.4) is 0 Å². The normalized spacial score (nSPS) is 13.0. The van der Waals surface area contributed by atoms with Crippen LogP contribution in [-0.2, 0) is 5.41 Å². The average Bonchev–Trinajstić information content (AvgIpc) is 3.81. The third kappa shape index (κ3) is 5.54. The molecule has 300 valence electrons. The van der Waals surface area contributed by atoms with Crippen LogP contribution < -0.4 is 0 Å². The molecule has 0 unspecified atom stereocenters. The molecule has 0 atom stereocenters. The van der Waals surface area contributed by atoms with Gasteiger partial charge in [-0.2, -0.15) is 0 Å². The van der Waals surface area contributed by atoms with E-state index in [1.807, 2.05) is 6.20 Å². The summed E-state index contributed by atoms with van der Waals surface area (Å²) in [7, 11) is 0. The lowest BCUT2D eigenvalue weighted by atomic mass is 9.81. The molecule has 2 aromatic heterocycles. The van der Waals surface area contributed by atoms with Crippen molar-refractivity contribution in [1.29, 1.82) is 0 Å². The highest BCUT2D eigenvalue weighted by Crippen LogP contribution is 2.51. The van der Waals surface area contributed by atoms with Gasteiger partial charge in [0.25, 0.3) is 0 Å². The maximum Gasteiger partial charge on any atom is 0.0979 e. The zero-order valence-electron chi connectivity index (χ0n) is 35.5. The minimum Gasteiger partial charge on any atom is -0.309 e. The molecule has 0 fully saturated rings. The summed E-state index contributed by atoms with van der Waals surface area (Å²) >= 11 is 0. The molecule has 64 heavy (non-hydrogen) atoms. The monoisotopic (exact) mass is 815 g/mol. The molecule has 2 heterocycles. The first-order chi connectivity index (χ1) is 31.5. The summed E-state index contributed by atoms with van der Waals surface area (Å²) in [6, 6.07) is 75.2. The number of hydrogen-bond acceptors (Lipinski definition) is 2. The first-order valence-electron chi connectivity index (χ1n) is 22.1. The first-order valence-corrected chi connectivity index (χ1v) is 22.1. The van der Waals surface area contributed by atoms with E-state index in [0.29, 0.717) is 0 Å². The van der Waals surface area contributed by atoms with Crippen molar-refractivity contribution < 1.29 is 0 Å². The molecule has 10 aromatic carbocycles. The molecule has 12 aromatic rings.